The minimum Gasteiger partial charge on any atom is -0.347 e. The highest BCUT2D eigenvalue weighted by Crippen LogP contribution is 2.22. The van der Waals surface area contributed by atoms with E-state index in [1.807, 2.05) is 0 Å². The molecule has 0 atom stereocenters. The van der Waals surface area contributed by atoms with Gasteiger partial charge in [-0.25, -0.2) is 0 Å². The lowest BCUT2D eigenvalue weighted by Crippen LogP contribution is -2.19. The first kappa shape index (κ1) is 16.1. The van der Waals surface area contributed by atoms with E-state index in [-0.39, 0.29) is 0 Å². The van der Waals surface area contributed by atoms with E-state index in [0.717, 1.165) is 25.6 Å². The molecule has 0 amide bonds. The van der Waals surface area contributed by atoms with E-state index in [9.17, 15) is 0 Å². The lowest BCUT2D eigenvalue weighted by atomic mass is 10.0. The summed E-state index contributed by atoms with van der Waals surface area (Å²) >= 11 is 0. The Morgan fingerprint density at radius 3 is 2.52 bits per heavy atom. The van der Waals surface area contributed by atoms with E-state index in [2.05, 4.69) is 68.0 Å². The highest BCUT2D eigenvalue weighted by Gasteiger charge is 2.09. The predicted octanol–water partition coefficient (Wildman–Crippen LogP) is 4.82. The molecule has 0 spiro atoms. The van der Waals surface area contributed by atoms with Crippen molar-refractivity contribution in [3.05, 3.63) is 36.0 Å². The van der Waals surface area contributed by atoms with E-state index in [0.29, 0.717) is 5.92 Å². The van der Waals surface area contributed by atoms with Crippen LogP contribution in [0.4, 0.5) is 0 Å². The first-order valence-electron chi connectivity index (χ1n) is 8.43. The van der Waals surface area contributed by atoms with Crippen molar-refractivity contribution < 1.29 is 0 Å². The zero-order chi connectivity index (χ0) is 15.2. The van der Waals surface area contributed by atoms with Gasteiger partial charge < -0.3 is 9.88 Å². The molecule has 116 valence electrons. The Kier molecular flexibility index (Phi) is 5.86. The van der Waals surface area contributed by atoms with Gasteiger partial charge in [-0.2, -0.15) is 0 Å². The Morgan fingerprint density at radius 1 is 1.10 bits per heavy atom. The SMILES string of the molecule is CCC(CC)Cn1ccc2c(CNCC(C)C)cccc21. The van der Waals surface area contributed by atoms with E-state index < -0.39 is 0 Å². The first-order valence-corrected chi connectivity index (χ1v) is 8.43. The zero-order valence-electron chi connectivity index (χ0n) is 14.0. The normalized spacial score (nSPS) is 11.9. The van der Waals surface area contributed by atoms with E-state index in [1.54, 1.807) is 0 Å². The maximum absolute atomic E-state index is 3.56. The molecule has 0 bridgehead atoms. The van der Waals surface area contributed by atoms with Crippen LogP contribution in [0, 0.1) is 11.8 Å². The summed E-state index contributed by atoms with van der Waals surface area (Å²) in [4.78, 5) is 0. The molecular formula is C19H30N2. The van der Waals surface area contributed by atoms with E-state index >= 15 is 0 Å². The fourth-order valence-electron chi connectivity index (χ4n) is 2.92. The third-order valence-electron chi connectivity index (χ3n) is 4.38. The molecule has 1 heterocycles. The Labute approximate surface area is 129 Å². The number of fused-ring (bicyclic) bond motifs is 1. The second-order valence-electron chi connectivity index (χ2n) is 6.53. The molecule has 0 radical (unpaired) electrons. The fraction of sp³-hybridized carbons (Fsp3) is 0.579. The quantitative estimate of drug-likeness (QED) is 0.736. The molecule has 2 aromatic rings. The molecule has 0 unspecified atom stereocenters. The van der Waals surface area contributed by atoms with Crippen LogP contribution in [0.3, 0.4) is 0 Å². The summed E-state index contributed by atoms with van der Waals surface area (Å²) in [7, 11) is 0. The summed E-state index contributed by atoms with van der Waals surface area (Å²) in [5, 5.41) is 4.96. The van der Waals surface area contributed by atoms with Crippen molar-refractivity contribution in [2.24, 2.45) is 11.8 Å². The van der Waals surface area contributed by atoms with Gasteiger partial charge in [0.1, 0.15) is 0 Å². The molecule has 1 aromatic carbocycles. The van der Waals surface area contributed by atoms with Gasteiger partial charge in [0.25, 0.3) is 0 Å². The van der Waals surface area contributed by atoms with Crippen LogP contribution in [0.1, 0.15) is 46.1 Å². The summed E-state index contributed by atoms with van der Waals surface area (Å²) in [5.74, 6) is 1.48. The zero-order valence-corrected chi connectivity index (χ0v) is 14.0. The van der Waals surface area contributed by atoms with Crippen molar-refractivity contribution in [3.63, 3.8) is 0 Å². The molecule has 0 aliphatic carbocycles. The molecule has 0 aliphatic rings. The Hall–Kier alpha value is -1.28. The number of rotatable bonds is 8. The molecule has 0 fully saturated rings. The van der Waals surface area contributed by atoms with Crippen LogP contribution in [0.2, 0.25) is 0 Å². The molecule has 1 aromatic heterocycles. The van der Waals surface area contributed by atoms with Crippen molar-refractivity contribution >= 4 is 10.9 Å². The predicted molar refractivity (Wildman–Crippen MR) is 92.6 cm³/mol. The van der Waals surface area contributed by atoms with Crippen LogP contribution in [0.5, 0.6) is 0 Å². The smallest absolute Gasteiger partial charge is 0.0483 e. The maximum atomic E-state index is 3.56. The van der Waals surface area contributed by atoms with Gasteiger partial charge in [-0.05, 0) is 36.1 Å². The van der Waals surface area contributed by atoms with Crippen molar-refractivity contribution in [1.82, 2.24) is 9.88 Å². The molecule has 1 N–H and O–H groups in total. The van der Waals surface area contributed by atoms with Gasteiger partial charge in [-0.1, -0.05) is 52.7 Å². The van der Waals surface area contributed by atoms with Crippen LogP contribution in [-0.4, -0.2) is 11.1 Å². The molecule has 2 nitrogen and oxygen atoms in total. The van der Waals surface area contributed by atoms with Gasteiger partial charge in [0.05, 0.1) is 0 Å². The molecule has 2 heteroatoms. The van der Waals surface area contributed by atoms with E-state index in [1.165, 1.54) is 29.3 Å². The van der Waals surface area contributed by atoms with Crippen LogP contribution < -0.4 is 5.32 Å². The van der Waals surface area contributed by atoms with Gasteiger partial charge in [0, 0.05) is 30.2 Å². The second kappa shape index (κ2) is 7.65. The Balaban J connectivity index is 2.16. The Morgan fingerprint density at radius 2 is 1.86 bits per heavy atom. The number of nitrogens with one attached hydrogen (secondary N) is 1. The molecular weight excluding hydrogens is 256 g/mol. The van der Waals surface area contributed by atoms with Crippen LogP contribution >= 0.6 is 0 Å². The van der Waals surface area contributed by atoms with Crippen LogP contribution in [-0.2, 0) is 13.1 Å². The first-order chi connectivity index (χ1) is 10.2. The topological polar surface area (TPSA) is 17.0 Å². The van der Waals surface area contributed by atoms with Crippen molar-refractivity contribution in [3.8, 4) is 0 Å². The molecule has 0 saturated heterocycles. The third-order valence-corrected chi connectivity index (χ3v) is 4.38. The third kappa shape index (κ3) is 4.10. The number of benzene rings is 1. The number of nitrogens with zero attached hydrogens (tertiary/aromatic N) is 1. The summed E-state index contributed by atoms with van der Waals surface area (Å²) in [5.41, 5.74) is 2.79. The fourth-order valence-corrected chi connectivity index (χ4v) is 2.92. The largest absolute Gasteiger partial charge is 0.347 e. The van der Waals surface area contributed by atoms with Crippen molar-refractivity contribution in [2.75, 3.05) is 6.54 Å². The maximum Gasteiger partial charge on any atom is 0.0483 e. The number of hydrogen-bond acceptors (Lipinski definition) is 1. The second-order valence-corrected chi connectivity index (χ2v) is 6.53. The summed E-state index contributed by atoms with van der Waals surface area (Å²) in [6.07, 6.45) is 4.77. The van der Waals surface area contributed by atoms with Gasteiger partial charge >= 0.3 is 0 Å². The van der Waals surface area contributed by atoms with Gasteiger partial charge in [0.2, 0.25) is 0 Å². The highest BCUT2D eigenvalue weighted by molar-refractivity contribution is 5.83. The molecule has 21 heavy (non-hydrogen) atoms. The van der Waals surface area contributed by atoms with E-state index in [4.69, 9.17) is 0 Å². The highest BCUT2D eigenvalue weighted by atomic mass is 15.0. The standard InChI is InChI=1S/C19H30N2/c1-5-16(6-2)14-21-11-10-18-17(8-7-9-19(18)21)13-20-12-15(3)4/h7-11,15-16,20H,5-6,12-14H2,1-4H3. The summed E-state index contributed by atoms with van der Waals surface area (Å²) in [6, 6.07) is 8.98. The van der Waals surface area contributed by atoms with Crippen molar-refractivity contribution in [1.29, 1.82) is 0 Å². The average Bonchev–Trinajstić information content (AvgIpc) is 2.88. The van der Waals surface area contributed by atoms with Gasteiger partial charge in [0.15, 0.2) is 0 Å². The van der Waals surface area contributed by atoms with Gasteiger partial charge in [-0.15, -0.1) is 0 Å². The average molecular weight is 286 g/mol. The minimum atomic E-state index is 0.698. The summed E-state index contributed by atoms with van der Waals surface area (Å²) in [6.45, 7) is 12.3. The minimum absolute atomic E-state index is 0.698. The Bertz CT molecular complexity index is 550. The number of hydrogen-bond donors (Lipinski definition) is 1. The van der Waals surface area contributed by atoms with Crippen molar-refractivity contribution in [2.45, 2.75) is 53.6 Å². The van der Waals surface area contributed by atoms with Gasteiger partial charge in [-0.3, -0.25) is 0 Å². The monoisotopic (exact) mass is 286 g/mol. The lowest BCUT2D eigenvalue weighted by molar-refractivity contribution is 0.425. The lowest BCUT2D eigenvalue weighted by Gasteiger charge is -2.15. The molecule has 0 aliphatic heterocycles. The number of aromatic nitrogens is 1. The van der Waals surface area contributed by atoms with Crippen LogP contribution in [0.15, 0.2) is 30.5 Å². The van der Waals surface area contributed by atoms with Crippen LogP contribution in [0.25, 0.3) is 10.9 Å². The molecule has 2 rings (SSSR count). The molecule has 0 saturated carbocycles. The summed E-state index contributed by atoms with van der Waals surface area (Å²) < 4.78 is 2.43.